The molecule has 4 aliphatic carbocycles. The zero-order chi connectivity index (χ0) is 18.6. The summed E-state index contributed by atoms with van der Waals surface area (Å²) in [6.45, 7) is 1.63. The summed E-state index contributed by atoms with van der Waals surface area (Å²) in [5, 5.41) is 18.4. The van der Waals surface area contributed by atoms with Gasteiger partial charge in [-0.2, -0.15) is 0 Å². The lowest BCUT2D eigenvalue weighted by molar-refractivity contribution is -0.109. The molecule has 0 atom stereocenters. The molecule has 0 radical (unpaired) electrons. The van der Waals surface area contributed by atoms with Crippen LogP contribution in [-0.2, 0) is 15.6 Å². The fourth-order valence-corrected chi connectivity index (χ4v) is 5.20. The van der Waals surface area contributed by atoms with Crippen LogP contribution in [0.1, 0.15) is 69.4 Å². The molecule has 2 bridgehead atoms. The first-order valence-corrected chi connectivity index (χ1v) is 9.69. The number of hydrogen-bond acceptors (Lipinski definition) is 4. The molecule has 1 aromatic rings. The molecule has 5 rings (SSSR count). The van der Waals surface area contributed by atoms with Gasteiger partial charge in [0.2, 0.25) is 0 Å². The summed E-state index contributed by atoms with van der Waals surface area (Å²) in [5.41, 5.74) is 8.75. The number of aliphatic hydroxyl groups is 1. The number of rotatable bonds is 5. The highest BCUT2D eigenvalue weighted by atomic mass is 16.3. The predicted octanol–water partition coefficient (Wildman–Crippen LogP) is 4.28. The lowest BCUT2D eigenvalue weighted by Gasteiger charge is -2.53. The second kappa shape index (κ2) is 5.70. The minimum Gasteiger partial charge on any atom is -0.510 e. The number of allylic oxidation sites excluding steroid dienone is 2. The van der Waals surface area contributed by atoms with E-state index in [2.05, 4.69) is 24.3 Å². The molecule has 0 aliphatic heterocycles. The van der Waals surface area contributed by atoms with Gasteiger partial charge in [-0.3, -0.25) is 0 Å². The highest BCUT2D eigenvalue weighted by Gasteiger charge is 2.52. The van der Waals surface area contributed by atoms with Crippen molar-refractivity contribution in [2.24, 2.45) is 11.1 Å². The van der Waals surface area contributed by atoms with Crippen molar-refractivity contribution in [3.05, 3.63) is 46.8 Å². The number of benzene rings is 1. The Labute approximate surface area is 155 Å². The Hall–Kier alpha value is -2.10. The fraction of sp³-hybridized carbons (Fsp3) is 0.545. The van der Waals surface area contributed by atoms with E-state index in [1.807, 2.05) is 0 Å². The van der Waals surface area contributed by atoms with Crippen LogP contribution in [0.3, 0.4) is 0 Å². The molecular weight excluding hydrogens is 324 g/mol. The topological polar surface area (TPSA) is 87.2 Å². The summed E-state index contributed by atoms with van der Waals surface area (Å²) in [5.74, 6) is 0.246. The van der Waals surface area contributed by atoms with Crippen LogP contribution in [0.4, 0.5) is 0 Å². The van der Waals surface area contributed by atoms with E-state index in [1.54, 1.807) is 6.92 Å². The summed E-state index contributed by atoms with van der Waals surface area (Å²) in [4.78, 5) is 11.4. The summed E-state index contributed by atoms with van der Waals surface area (Å²) in [7, 11) is 0. The summed E-state index contributed by atoms with van der Waals surface area (Å²) in [6.07, 6.45) is 8.96. The van der Waals surface area contributed by atoms with Crippen LogP contribution in [0.25, 0.3) is 0 Å². The molecule has 4 heteroatoms. The minimum atomic E-state index is -0.232. The molecule has 0 unspecified atom stereocenters. The average Bonchev–Trinajstić information content (AvgIpc) is 3.49. The maximum atomic E-state index is 11.4. The van der Waals surface area contributed by atoms with Gasteiger partial charge in [0.25, 0.3) is 0 Å². The summed E-state index contributed by atoms with van der Waals surface area (Å²) < 4.78 is 0. The number of aliphatic hydroxyl groups excluding tert-OH is 1. The first kappa shape index (κ1) is 17.3. The molecule has 26 heavy (non-hydrogen) atoms. The second-order valence-corrected chi connectivity index (χ2v) is 8.80. The number of hydrogen-bond donors (Lipinski definition) is 3. The molecule has 4 saturated carbocycles. The minimum absolute atomic E-state index is 0.187. The van der Waals surface area contributed by atoms with Crippen molar-refractivity contribution >= 4 is 12.0 Å². The van der Waals surface area contributed by atoms with Gasteiger partial charge in [-0.15, -0.1) is 0 Å². The van der Waals surface area contributed by atoms with Crippen molar-refractivity contribution in [2.75, 3.05) is 0 Å². The Morgan fingerprint density at radius 3 is 1.92 bits per heavy atom. The van der Waals surface area contributed by atoms with Crippen molar-refractivity contribution in [1.82, 2.24) is 0 Å². The van der Waals surface area contributed by atoms with E-state index < -0.39 is 0 Å². The van der Waals surface area contributed by atoms with Gasteiger partial charge in [-0.1, -0.05) is 24.3 Å². The molecule has 138 valence electrons. The third kappa shape index (κ3) is 2.42. The third-order valence-corrected chi connectivity index (χ3v) is 7.49. The van der Waals surface area contributed by atoms with E-state index in [-0.39, 0.29) is 33.4 Å². The number of nitrogens with two attached hydrogens (primary N) is 1. The standard InChI is InChI=1S/C22H28N2O2/c1-15(23)18(24)19(26)21-9-6-20(7-10-21,8-11-21)16-2-4-17(5-3-16)22(14-25)12-13-22/h2-5,14,23,26H,6-13,24H2,1H3/b19-18+,23-15?. The summed E-state index contributed by atoms with van der Waals surface area (Å²) in [6, 6.07) is 8.75. The predicted molar refractivity (Wildman–Crippen MR) is 102 cm³/mol. The van der Waals surface area contributed by atoms with Crippen LogP contribution in [0.5, 0.6) is 0 Å². The van der Waals surface area contributed by atoms with Crippen LogP contribution in [0, 0.1) is 10.8 Å². The molecule has 0 saturated heterocycles. The van der Waals surface area contributed by atoms with E-state index in [1.165, 1.54) is 5.56 Å². The van der Waals surface area contributed by atoms with Gasteiger partial charge in [-0.25, -0.2) is 0 Å². The number of aldehydes is 1. The van der Waals surface area contributed by atoms with Gasteiger partial charge < -0.3 is 21.0 Å². The molecule has 4 nitrogen and oxygen atoms in total. The molecule has 0 aromatic heterocycles. The van der Waals surface area contributed by atoms with E-state index >= 15 is 0 Å². The zero-order valence-corrected chi connectivity index (χ0v) is 15.5. The van der Waals surface area contributed by atoms with Crippen LogP contribution in [0.15, 0.2) is 35.7 Å². The lowest BCUT2D eigenvalue weighted by Crippen LogP contribution is -2.45. The highest BCUT2D eigenvalue weighted by Crippen LogP contribution is 2.60. The number of nitrogens with one attached hydrogen (secondary N) is 1. The van der Waals surface area contributed by atoms with Crippen LogP contribution in [0.2, 0.25) is 0 Å². The van der Waals surface area contributed by atoms with Crippen molar-refractivity contribution in [3.8, 4) is 0 Å². The van der Waals surface area contributed by atoms with Crippen molar-refractivity contribution < 1.29 is 9.90 Å². The Morgan fingerprint density at radius 1 is 1.00 bits per heavy atom. The Balaban J connectivity index is 1.56. The number of carbonyl (C=O) groups is 1. The van der Waals surface area contributed by atoms with E-state index in [9.17, 15) is 9.90 Å². The van der Waals surface area contributed by atoms with E-state index in [0.29, 0.717) is 0 Å². The second-order valence-electron chi connectivity index (χ2n) is 8.80. The quantitative estimate of drug-likeness (QED) is 0.420. The number of fused-ring (bicyclic) bond motifs is 3. The molecule has 4 aliphatic rings. The highest BCUT2D eigenvalue weighted by molar-refractivity contribution is 5.95. The van der Waals surface area contributed by atoms with Crippen molar-refractivity contribution in [2.45, 2.75) is 69.1 Å². The van der Waals surface area contributed by atoms with Crippen molar-refractivity contribution in [1.29, 1.82) is 5.41 Å². The molecule has 4 fully saturated rings. The van der Waals surface area contributed by atoms with Gasteiger partial charge in [0, 0.05) is 5.41 Å². The Morgan fingerprint density at radius 2 is 1.50 bits per heavy atom. The van der Waals surface area contributed by atoms with Gasteiger partial charge in [0.1, 0.15) is 12.0 Å². The van der Waals surface area contributed by atoms with Crippen LogP contribution in [-0.4, -0.2) is 17.1 Å². The Kier molecular flexibility index (Phi) is 3.80. The molecule has 0 heterocycles. The largest absolute Gasteiger partial charge is 0.510 e. The van der Waals surface area contributed by atoms with Crippen LogP contribution < -0.4 is 5.73 Å². The van der Waals surface area contributed by atoms with E-state index in [0.717, 1.165) is 63.2 Å². The first-order chi connectivity index (χ1) is 12.4. The maximum absolute atomic E-state index is 11.4. The van der Waals surface area contributed by atoms with Gasteiger partial charge in [0.05, 0.1) is 16.8 Å². The molecule has 0 amide bonds. The van der Waals surface area contributed by atoms with E-state index in [4.69, 9.17) is 11.1 Å². The first-order valence-electron chi connectivity index (χ1n) is 9.69. The average molecular weight is 352 g/mol. The van der Waals surface area contributed by atoms with Crippen molar-refractivity contribution in [3.63, 3.8) is 0 Å². The Bertz CT molecular complexity index is 762. The fourth-order valence-electron chi connectivity index (χ4n) is 5.20. The normalized spacial score (nSPS) is 32.7. The van der Waals surface area contributed by atoms with Gasteiger partial charge >= 0.3 is 0 Å². The number of carbonyl (C=O) groups excluding carboxylic acids is 1. The molecule has 1 aromatic carbocycles. The molecule has 4 N–H and O–H groups in total. The van der Waals surface area contributed by atoms with Crippen LogP contribution >= 0.6 is 0 Å². The zero-order valence-electron chi connectivity index (χ0n) is 15.5. The SMILES string of the molecule is CC(=N)/C(N)=C(\O)C12CCC(c3ccc(C4(C=O)CC4)cc3)(CC1)CC2. The molecule has 0 spiro atoms. The monoisotopic (exact) mass is 352 g/mol. The van der Waals surface area contributed by atoms with Gasteiger partial charge in [0.15, 0.2) is 0 Å². The lowest BCUT2D eigenvalue weighted by atomic mass is 9.51. The maximum Gasteiger partial charge on any atom is 0.130 e. The molecular formula is C22H28N2O2. The summed E-state index contributed by atoms with van der Waals surface area (Å²) >= 11 is 0. The van der Waals surface area contributed by atoms with Gasteiger partial charge in [-0.05, 0) is 74.8 Å². The third-order valence-electron chi connectivity index (χ3n) is 7.49. The smallest absolute Gasteiger partial charge is 0.130 e.